The molecule has 4 N–H and O–H groups in total. The van der Waals surface area contributed by atoms with Crippen LogP contribution in [0.3, 0.4) is 0 Å². The molecule has 0 aliphatic carbocycles. The second-order valence-electron chi connectivity index (χ2n) is 2.52. The van der Waals surface area contributed by atoms with Gasteiger partial charge in [-0.25, -0.2) is 0 Å². The Kier molecular flexibility index (Phi) is 5.00. The van der Waals surface area contributed by atoms with E-state index in [1.54, 1.807) is 6.92 Å². The van der Waals surface area contributed by atoms with Crippen LogP contribution in [0.15, 0.2) is 0 Å². The van der Waals surface area contributed by atoms with Gasteiger partial charge in [0, 0.05) is 0 Å². The van der Waals surface area contributed by atoms with Crippen molar-refractivity contribution < 1.29 is 25.2 Å². The fraction of sp³-hybridized carbons (Fsp3) is 0.857. The summed E-state index contributed by atoms with van der Waals surface area (Å²) in [5.74, 6) is -0.862. The standard InChI is InChI=1S/C7H14O5/c1-2-4(9)6(11)7(12)5(10)3-8/h4-5,7-10,12H,2-3H2,1H3/t4-,5-,7-/m1/s1. The van der Waals surface area contributed by atoms with Crippen LogP contribution in [0, 0.1) is 0 Å². The first-order valence-electron chi connectivity index (χ1n) is 3.73. The number of ketones is 1. The fourth-order valence-electron chi connectivity index (χ4n) is 0.688. The highest BCUT2D eigenvalue weighted by atomic mass is 16.4. The zero-order valence-corrected chi connectivity index (χ0v) is 6.84. The Morgan fingerprint density at radius 1 is 1.33 bits per heavy atom. The molecular weight excluding hydrogens is 164 g/mol. The predicted octanol–water partition coefficient (Wildman–Crippen LogP) is -1.96. The lowest BCUT2D eigenvalue weighted by Gasteiger charge is -2.16. The van der Waals surface area contributed by atoms with Crippen LogP contribution in [0.25, 0.3) is 0 Å². The molecule has 0 rings (SSSR count). The molecule has 5 heteroatoms. The molecule has 0 heterocycles. The maximum atomic E-state index is 10.9. The molecule has 0 aromatic heterocycles. The summed E-state index contributed by atoms with van der Waals surface area (Å²) in [6.45, 7) is 0.865. The summed E-state index contributed by atoms with van der Waals surface area (Å²) in [6, 6.07) is 0. The van der Waals surface area contributed by atoms with E-state index in [2.05, 4.69) is 0 Å². The molecule has 0 amide bonds. The van der Waals surface area contributed by atoms with E-state index in [-0.39, 0.29) is 6.42 Å². The molecule has 0 aromatic carbocycles. The van der Waals surface area contributed by atoms with Gasteiger partial charge < -0.3 is 20.4 Å². The number of aliphatic hydroxyl groups excluding tert-OH is 4. The predicted molar refractivity (Wildman–Crippen MR) is 40.4 cm³/mol. The highest BCUT2D eigenvalue weighted by Crippen LogP contribution is 2.01. The Labute approximate surface area is 70.3 Å². The molecule has 3 atom stereocenters. The van der Waals surface area contributed by atoms with Crippen LogP contribution in [0.2, 0.25) is 0 Å². The summed E-state index contributed by atoms with van der Waals surface area (Å²) in [6.07, 6.45) is -4.32. The molecule has 5 nitrogen and oxygen atoms in total. The number of aliphatic hydroxyl groups is 4. The van der Waals surface area contributed by atoms with E-state index in [9.17, 15) is 4.79 Å². The third-order valence-corrected chi connectivity index (χ3v) is 1.56. The number of Topliss-reactive ketones (excluding diaryl/α,β-unsaturated/α-hetero) is 1. The van der Waals surface area contributed by atoms with Crippen molar-refractivity contribution in [2.45, 2.75) is 31.7 Å². The number of hydrogen-bond acceptors (Lipinski definition) is 5. The molecular formula is C7H14O5. The molecule has 12 heavy (non-hydrogen) atoms. The Balaban J connectivity index is 4.09. The number of carbonyl (C=O) groups excluding carboxylic acids is 1. The lowest BCUT2D eigenvalue weighted by molar-refractivity contribution is -0.143. The van der Waals surface area contributed by atoms with Crippen LogP contribution in [-0.4, -0.2) is 51.1 Å². The molecule has 0 bridgehead atoms. The smallest absolute Gasteiger partial charge is 0.192 e. The lowest BCUT2D eigenvalue weighted by atomic mass is 10.0. The zero-order valence-electron chi connectivity index (χ0n) is 6.84. The molecule has 0 aromatic rings. The summed E-state index contributed by atoms with van der Waals surface area (Å²) >= 11 is 0. The van der Waals surface area contributed by atoms with Crippen LogP contribution in [0.4, 0.5) is 0 Å². The van der Waals surface area contributed by atoms with E-state index in [1.165, 1.54) is 0 Å². The van der Waals surface area contributed by atoms with E-state index in [1.807, 2.05) is 0 Å². The highest BCUT2D eigenvalue weighted by molar-refractivity contribution is 5.87. The van der Waals surface area contributed by atoms with Crippen LogP contribution in [-0.2, 0) is 4.79 Å². The maximum absolute atomic E-state index is 10.9. The Hall–Kier alpha value is -0.490. The Morgan fingerprint density at radius 3 is 2.17 bits per heavy atom. The van der Waals surface area contributed by atoms with Crippen LogP contribution in [0.5, 0.6) is 0 Å². The van der Waals surface area contributed by atoms with Gasteiger partial charge in [0.2, 0.25) is 0 Å². The minimum absolute atomic E-state index is 0.175. The third kappa shape index (κ3) is 2.86. The lowest BCUT2D eigenvalue weighted by Crippen LogP contribution is -2.41. The van der Waals surface area contributed by atoms with Crippen LogP contribution < -0.4 is 0 Å². The molecule has 0 fully saturated rings. The Morgan fingerprint density at radius 2 is 1.83 bits per heavy atom. The van der Waals surface area contributed by atoms with Gasteiger partial charge in [0.1, 0.15) is 18.3 Å². The third-order valence-electron chi connectivity index (χ3n) is 1.56. The van der Waals surface area contributed by atoms with Crippen molar-refractivity contribution in [1.29, 1.82) is 0 Å². The van der Waals surface area contributed by atoms with Crippen molar-refractivity contribution in [3.8, 4) is 0 Å². The van der Waals surface area contributed by atoms with E-state index in [0.717, 1.165) is 0 Å². The topological polar surface area (TPSA) is 98.0 Å². The van der Waals surface area contributed by atoms with Crippen molar-refractivity contribution >= 4 is 5.78 Å². The van der Waals surface area contributed by atoms with Crippen molar-refractivity contribution in [3.63, 3.8) is 0 Å². The monoisotopic (exact) mass is 178 g/mol. The molecule has 0 aliphatic rings. The SMILES string of the molecule is CC[C@@H](O)C(=O)[C@H](O)[C@H](O)CO. The molecule has 0 radical (unpaired) electrons. The first kappa shape index (κ1) is 11.5. The summed E-state index contributed by atoms with van der Waals surface area (Å²) in [4.78, 5) is 10.9. The minimum atomic E-state index is -1.70. The number of rotatable bonds is 5. The molecule has 0 unspecified atom stereocenters. The van der Waals surface area contributed by atoms with Crippen molar-refractivity contribution in [3.05, 3.63) is 0 Å². The average molecular weight is 178 g/mol. The van der Waals surface area contributed by atoms with Crippen LogP contribution >= 0.6 is 0 Å². The van der Waals surface area contributed by atoms with E-state index in [0.29, 0.717) is 0 Å². The summed E-state index contributed by atoms with van der Waals surface area (Å²) in [5.41, 5.74) is 0. The number of hydrogen-bond donors (Lipinski definition) is 4. The second-order valence-corrected chi connectivity index (χ2v) is 2.52. The van der Waals surface area contributed by atoms with Gasteiger partial charge in [0.15, 0.2) is 5.78 Å². The Bertz CT molecular complexity index is 147. The molecule has 0 saturated heterocycles. The summed E-state index contributed by atoms with van der Waals surface area (Å²) in [5, 5.41) is 35.1. The maximum Gasteiger partial charge on any atom is 0.192 e. The summed E-state index contributed by atoms with van der Waals surface area (Å²) in [7, 11) is 0. The van der Waals surface area contributed by atoms with Crippen molar-refractivity contribution in [2.75, 3.05) is 6.61 Å². The number of carbonyl (C=O) groups is 1. The van der Waals surface area contributed by atoms with Gasteiger partial charge in [-0.15, -0.1) is 0 Å². The molecule has 0 spiro atoms. The summed E-state index contributed by atoms with van der Waals surface area (Å²) < 4.78 is 0. The van der Waals surface area contributed by atoms with Crippen LogP contribution in [0.1, 0.15) is 13.3 Å². The molecule has 72 valence electrons. The van der Waals surface area contributed by atoms with E-state index < -0.39 is 30.7 Å². The largest absolute Gasteiger partial charge is 0.394 e. The first-order chi connectivity index (χ1) is 5.54. The van der Waals surface area contributed by atoms with E-state index >= 15 is 0 Å². The van der Waals surface area contributed by atoms with Gasteiger partial charge in [-0.1, -0.05) is 6.92 Å². The van der Waals surface area contributed by atoms with Gasteiger partial charge in [0.25, 0.3) is 0 Å². The van der Waals surface area contributed by atoms with Gasteiger partial charge in [-0.2, -0.15) is 0 Å². The normalized spacial score (nSPS) is 18.4. The van der Waals surface area contributed by atoms with Crippen molar-refractivity contribution in [2.24, 2.45) is 0 Å². The van der Waals surface area contributed by atoms with Gasteiger partial charge in [0.05, 0.1) is 6.61 Å². The molecule has 0 aliphatic heterocycles. The molecule has 0 saturated carbocycles. The van der Waals surface area contributed by atoms with Gasteiger partial charge in [-0.05, 0) is 6.42 Å². The average Bonchev–Trinajstić information content (AvgIpc) is 2.12. The van der Waals surface area contributed by atoms with Crippen molar-refractivity contribution in [1.82, 2.24) is 0 Å². The quantitative estimate of drug-likeness (QED) is 0.392. The fourth-order valence-corrected chi connectivity index (χ4v) is 0.688. The minimum Gasteiger partial charge on any atom is -0.394 e. The van der Waals surface area contributed by atoms with E-state index in [4.69, 9.17) is 20.4 Å². The highest BCUT2D eigenvalue weighted by Gasteiger charge is 2.27. The second kappa shape index (κ2) is 5.21. The van der Waals surface area contributed by atoms with Gasteiger partial charge in [-0.3, -0.25) is 4.79 Å². The van der Waals surface area contributed by atoms with Gasteiger partial charge >= 0.3 is 0 Å². The first-order valence-corrected chi connectivity index (χ1v) is 3.73. The zero-order chi connectivity index (χ0) is 9.72.